The molecule has 0 aromatic heterocycles. The minimum absolute atomic E-state index is 0.142. The fraction of sp³-hybridized carbons (Fsp3) is 0.300. The third-order valence-electron chi connectivity index (χ3n) is 1.99. The smallest absolute Gasteiger partial charge is 0.314 e. The van der Waals surface area contributed by atoms with E-state index in [2.05, 4.69) is 10.6 Å². The summed E-state index contributed by atoms with van der Waals surface area (Å²) in [7, 11) is 1.50. The lowest BCUT2D eigenvalue weighted by Crippen LogP contribution is -2.32. The number of halogens is 2. The Hall–Kier alpha value is -1.29. The summed E-state index contributed by atoms with van der Waals surface area (Å²) in [5.74, 6) is -0.415. The molecular formula is C10H12ClFN2O. The van der Waals surface area contributed by atoms with Crippen molar-refractivity contribution in [2.45, 2.75) is 13.5 Å². The van der Waals surface area contributed by atoms with Gasteiger partial charge in [-0.05, 0) is 24.6 Å². The predicted molar refractivity (Wildman–Crippen MR) is 57.4 cm³/mol. The van der Waals surface area contributed by atoms with Gasteiger partial charge in [-0.25, -0.2) is 9.18 Å². The van der Waals surface area contributed by atoms with Crippen molar-refractivity contribution in [3.05, 3.63) is 34.1 Å². The van der Waals surface area contributed by atoms with Crippen LogP contribution in [-0.2, 0) is 6.54 Å². The zero-order valence-corrected chi connectivity index (χ0v) is 9.28. The average Bonchev–Trinajstić information content (AvgIpc) is 2.21. The van der Waals surface area contributed by atoms with Gasteiger partial charge in [0.2, 0.25) is 0 Å². The molecule has 2 N–H and O–H groups in total. The van der Waals surface area contributed by atoms with Crippen LogP contribution in [0.4, 0.5) is 9.18 Å². The Kier molecular flexibility index (Phi) is 3.91. The Labute approximate surface area is 92.6 Å². The highest BCUT2D eigenvalue weighted by Crippen LogP contribution is 2.19. The van der Waals surface area contributed by atoms with Gasteiger partial charge in [-0.1, -0.05) is 11.6 Å². The molecule has 0 atom stereocenters. The average molecular weight is 231 g/mol. The van der Waals surface area contributed by atoms with E-state index in [1.807, 2.05) is 0 Å². The zero-order valence-electron chi connectivity index (χ0n) is 8.53. The minimum atomic E-state index is -0.415. The van der Waals surface area contributed by atoms with Crippen molar-refractivity contribution >= 4 is 17.6 Å². The lowest BCUT2D eigenvalue weighted by atomic mass is 10.1. The van der Waals surface area contributed by atoms with Gasteiger partial charge >= 0.3 is 6.03 Å². The van der Waals surface area contributed by atoms with Crippen LogP contribution in [0.1, 0.15) is 11.1 Å². The molecule has 3 nitrogen and oxygen atoms in total. The molecule has 0 spiro atoms. The highest BCUT2D eigenvalue weighted by molar-refractivity contribution is 6.31. The Bertz CT molecular complexity index is 382. The van der Waals surface area contributed by atoms with Crippen LogP contribution in [0.25, 0.3) is 0 Å². The molecule has 15 heavy (non-hydrogen) atoms. The summed E-state index contributed by atoms with van der Waals surface area (Å²) >= 11 is 5.74. The van der Waals surface area contributed by atoms with Crippen LogP contribution in [0.15, 0.2) is 12.1 Å². The molecule has 1 rings (SSSR count). The van der Waals surface area contributed by atoms with E-state index in [0.29, 0.717) is 10.6 Å². The summed E-state index contributed by atoms with van der Waals surface area (Å²) in [6, 6.07) is 2.52. The highest BCUT2D eigenvalue weighted by atomic mass is 35.5. The highest BCUT2D eigenvalue weighted by Gasteiger charge is 2.06. The number of aryl methyl sites for hydroxylation is 1. The van der Waals surface area contributed by atoms with Crippen LogP contribution in [0, 0.1) is 12.7 Å². The van der Waals surface area contributed by atoms with E-state index in [9.17, 15) is 9.18 Å². The second kappa shape index (κ2) is 4.98. The molecule has 0 aliphatic heterocycles. The molecule has 5 heteroatoms. The number of benzene rings is 1. The minimum Gasteiger partial charge on any atom is -0.341 e. The first-order chi connectivity index (χ1) is 7.04. The Morgan fingerprint density at radius 2 is 2.20 bits per heavy atom. The second-order valence-corrected chi connectivity index (χ2v) is 3.53. The lowest BCUT2D eigenvalue weighted by molar-refractivity contribution is 0.242. The van der Waals surface area contributed by atoms with Gasteiger partial charge in [-0.3, -0.25) is 0 Å². The fourth-order valence-corrected chi connectivity index (χ4v) is 1.27. The van der Waals surface area contributed by atoms with Crippen molar-refractivity contribution in [2.75, 3.05) is 7.05 Å². The third kappa shape index (κ3) is 3.09. The van der Waals surface area contributed by atoms with Gasteiger partial charge in [0.25, 0.3) is 0 Å². The maximum absolute atomic E-state index is 13.3. The number of amides is 2. The van der Waals surface area contributed by atoms with Gasteiger partial charge in [0.15, 0.2) is 0 Å². The molecule has 0 radical (unpaired) electrons. The summed E-state index contributed by atoms with van der Waals surface area (Å²) in [4.78, 5) is 10.9. The number of carbonyl (C=O) groups is 1. The monoisotopic (exact) mass is 230 g/mol. The molecule has 2 amide bonds. The number of carbonyl (C=O) groups excluding carboxylic acids is 1. The normalized spacial score (nSPS) is 9.87. The van der Waals surface area contributed by atoms with Crippen LogP contribution >= 0.6 is 11.6 Å². The van der Waals surface area contributed by atoms with Crippen molar-refractivity contribution in [3.8, 4) is 0 Å². The Morgan fingerprint density at radius 1 is 1.53 bits per heavy atom. The SMILES string of the molecule is CNC(=O)NCc1cc(C)c(Cl)cc1F. The van der Waals surface area contributed by atoms with Crippen LogP contribution in [0.2, 0.25) is 5.02 Å². The van der Waals surface area contributed by atoms with E-state index in [1.54, 1.807) is 13.0 Å². The molecular weight excluding hydrogens is 219 g/mol. The standard InChI is InChI=1S/C10H12ClFN2O/c1-6-3-7(5-14-10(15)13-2)9(12)4-8(6)11/h3-4H,5H2,1-2H3,(H2,13,14,15). The van der Waals surface area contributed by atoms with Gasteiger partial charge in [-0.2, -0.15) is 0 Å². The van der Waals surface area contributed by atoms with Crippen molar-refractivity contribution in [1.82, 2.24) is 10.6 Å². The number of nitrogens with one attached hydrogen (secondary N) is 2. The van der Waals surface area contributed by atoms with Crippen molar-refractivity contribution < 1.29 is 9.18 Å². The molecule has 0 unspecified atom stereocenters. The van der Waals surface area contributed by atoms with Crippen LogP contribution in [0.5, 0.6) is 0 Å². The summed E-state index contributed by atoms with van der Waals surface area (Å²) in [5.41, 5.74) is 1.20. The van der Waals surface area contributed by atoms with E-state index < -0.39 is 5.82 Å². The molecule has 1 aromatic carbocycles. The number of hydrogen-bond donors (Lipinski definition) is 2. The lowest BCUT2D eigenvalue weighted by Gasteiger charge is -2.07. The largest absolute Gasteiger partial charge is 0.341 e. The van der Waals surface area contributed by atoms with E-state index in [1.165, 1.54) is 13.1 Å². The maximum Gasteiger partial charge on any atom is 0.314 e. The quantitative estimate of drug-likeness (QED) is 0.804. The molecule has 1 aromatic rings. The predicted octanol–water partition coefficient (Wildman–Crippen LogP) is 2.22. The first kappa shape index (κ1) is 11.8. The van der Waals surface area contributed by atoms with Gasteiger partial charge in [0.05, 0.1) is 0 Å². The molecule has 0 fully saturated rings. The van der Waals surface area contributed by atoms with E-state index in [4.69, 9.17) is 11.6 Å². The van der Waals surface area contributed by atoms with Crippen molar-refractivity contribution in [2.24, 2.45) is 0 Å². The van der Waals surface area contributed by atoms with E-state index in [-0.39, 0.29) is 12.6 Å². The van der Waals surface area contributed by atoms with Crippen molar-refractivity contribution in [3.63, 3.8) is 0 Å². The van der Waals surface area contributed by atoms with Gasteiger partial charge in [-0.15, -0.1) is 0 Å². The molecule has 0 saturated carbocycles. The van der Waals surface area contributed by atoms with E-state index >= 15 is 0 Å². The first-order valence-electron chi connectivity index (χ1n) is 4.44. The number of rotatable bonds is 2. The molecule has 0 saturated heterocycles. The maximum atomic E-state index is 13.3. The summed E-state index contributed by atoms with van der Waals surface area (Å²) in [6.07, 6.45) is 0. The van der Waals surface area contributed by atoms with Gasteiger partial charge < -0.3 is 10.6 Å². The fourth-order valence-electron chi connectivity index (χ4n) is 1.12. The van der Waals surface area contributed by atoms with Crippen LogP contribution in [-0.4, -0.2) is 13.1 Å². The van der Waals surface area contributed by atoms with Crippen LogP contribution in [0.3, 0.4) is 0 Å². The Morgan fingerprint density at radius 3 is 2.80 bits per heavy atom. The van der Waals surface area contributed by atoms with Crippen LogP contribution < -0.4 is 10.6 Å². The Balaban J connectivity index is 2.77. The number of hydrogen-bond acceptors (Lipinski definition) is 1. The zero-order chi connectivity index (χ0) is 11.4. The molecule has 0 aliphatic carbocycles. The first-order valence-corrected chi connectivity index (χ1v) is 4.82. The molecule has 82 valence electrons. The molecule has 0 bridgehead atoms. The molecule has 0 aliphatic rings. The van der Waals surface area contributed by atoms with Crippen molar-refractivity contribution in [1.29, 1.82) is 0 Å². The van der Waals surface area contributed by atoms with E-state index in [0.717, 1.165) is 5.56 Å². The topological polar surface area (TPSA) is 41.1 Å². The van der Waals surface area contributed by atoms with Gasteiger partial charge in [0.1, 0.15) is 5.82 Å². The summed E-state index contributed by atoms with van der Waals surface area (Å²) in [5, 5.41) is 5.27. The second-order valence-electron chi connectivity index (χ2n) is 3.13. The summed E-state index contributed by atoms with van der Waals surface area (Å²) in [6.45, 7) is 1.93. The summed E-state index contributed by atoms with van der Waals surface area (Å²) < 4.78 is 13.3. The molecule has 0 heterocycles. The number of urea groups is 1. The van der Waals surface area contributed by atoms with Gasteiger partial charge in [0, 0.05) is 24.2 Å². The third-order valence-corrected chi connectivity index (χ3v) is 2.40.